The first-order chi connectivity index (χ1) is 29.5. The highest BCUT2D eigenvalue weighted by atomic mass is 16.6. The molecule has 348 valence electrons. The lowest BCUT2D eigenvalue weighted by Crippen LogP contribution is -2.30. The zero-order valence-corrected chi connectivity index (χ0v) is 39.7. The fraction of sp³-hybridized carbons (Fsp3) is 0.796. The van der Waals surface area contributed by atoms with Crippen molar-refractivity contribution in [2.45, 2.75) is 264 Å². The number of esters is 3. The minimum atomic E-state index is -0.785. The maximum atomic E-state index is 12.8. The molecular formula is C54H96O6. The maximum absolute atomic E-state index is 12.8. The number of rotatable bonds is 46. The number of carbonyl (C=O) groups excluding carboxylic acids is 3. The van der Waals surface area contributed by atoms with Gasteiger partial charge in [0, 0.05) is 19.3 Å². The summed E-state index contributed by atoms with van der Waals surface area (Å²) >= 11 is 0. The van der Waals surface area contributed by atoms with Crippen molar-refractivity contribution in [3.63, 3.8) is 0 Å². The van der Waals surface area contributed by atoms with Gasteiger partial charge in [0.05, 0.1) is 0 Å². The van der Waals surface area contributed by atoms with Crippen LogP contribution < -0.4 is 0 Å². The first-order valence-corrected chi connectivity index (χ1v) is 25.6. The van der Waals surface area contributed by atoms with Gasteiger partial charge in [0.1, 0.15) is 13.2 Å². The van der Waals surface area contributed by atoms with E-state index in [1.807, 2.05) is 0 Å². The summed E-state index contributed by atoms with van der Waals surface area (Å²) in [5.41, 5.74) is 0. The molecule has 1 unspecified atom stereocenters. The molecule has 6 nitrogen and oxygen atoms in total. The number of hydrogen-bond acceptors (Lipinski definition) is 6. The van der Waals surface area contributed by atoms with Crippen molar-refractivity contribution in [1.82, 2.24) is 0 Å². The zero-order chi connectivity index (χ0) is 43.7. The van der Waals surface area contributed by atoms with E-state index in [-0.39, 0.29) is 31.1 Å². The number of unbranched alkanes of at least 4 members (excludes halogenated alkanes) is 27. The number of allylic oxidation sites excluding steroid dienone is 8. The highest BCUT2D eigenvalue weighted by Crippen LogP contribution is 2.14. The molecule has 6 heteroatoms. The van der Waals surface area contributed by atoms with Gasteiger partial charge in [0.2, 0.25) is 0 Å². The third-order valence-corrected chi connectivity index (χ3v) is 11.0. The third kappa shape index (κ3) is 46.4. The van der Waals surface area contributed by atoms with E-state index >= 15 is 0 Å². The largest absolute Gasteiger partial charge is 0.462 e. The molecule has 0 aliphatic carbocycles. The molecule has 0 radical (unpaired) electrons. The minimum Gasteiger partial charge on any atom is -0.462 e. The van der Waals surface area contributed by atoms with E-state index in [9.17, 15) is 14.4 Å². The SMILES string of the molecule is CCCC/C=C\CCCCCCCC(=O)OCC(COC(=O)CCCCCCC/C=C\CCCCCCCCC)OC(=O)CCCCCCC/C=C\C/C=C\CCCCC. The smallest absolute Gasteiger partial charge is 0.306 e. The number of ether oxygens (including phenoxy) is 3. The van der Waals surface area contributed by atoms with E-state index < -0.39 is 6.10 Å². The Balaban J connectivity index is 4.39. The molecule has 0 aliphatic heterocycles. The molecule has 0 bridgehead atoms. The lowest BCUT2D eigenvalue weighted by molar-refractivity contribution is -0.167. The van der Waals surface area contributed by atoms with Gasteiger partial charge in [-0.15, -0.1) is 0 Å². The Morgan fingerprint density at radius 2 is 0.617 bits per heavy atom. The van der Waals surface area contributed by atoms with Crippen LogP contribution in [0.2, 0.25) is 0 Å². The predicted octanol–water partition coefficient (Wildman–Crippen LogP) is 16.7. The summed E-state index contributed by atoms with van der Waals surface area (Å²) in [6.07, 6.45) is 58.0. The molecule has 0 heterocycles. The molecule has 0 saturated carbocycles. The molecule has 0 saturated heterocycles. The van der Waals surface area contributed by atoms with Gasteiger partial charge in [-0.3, -0.25) is 14.4 Å². The molecule has 60 heavy (non-hydrogen) atoms. The van der Waals surface area contributed by atoms with Gasteiger partial charge in [-0.25, -0.2) is 0 Å². The van der Waals surface area contributed by atoms with E-state index in [0.717, 1.165) is 96.3 Å². The second kappa shape index (κ2) is 49.0. The van der Waals surface area contributed by atoms with Crippen molar-refractivity contribution in [3.8, 4) is 0 Å². The van der Waals surface area contributed by atoms with Crippen molar-refractivity contribution in [2.24, 2.45) is 0 Å². The van der Waals surface area contributed by atoms with Crippen LogP contribution in [0.25, 0.3) is 0 Å². The molecule has 0 aliphatic rings. The topological polar surface area (TPSA) is 78.9 Å². The van der Waals surface area contributed by atoms with Crippen LogP contribution in [-0.2, 0) is 28.6 Å². The lowest BCUT2D eigenvalue weighted by Gasteiger charge is -2.18. The van der Waals surface area contributed by atoms with Gasteiger partial charge in [0.25, 0.3) is 0 Å². The van der Waals surface area contributed by atoms with Crippen molar-refractivity contribution in [2.75, 3.05) is 13.2 Å². The van der Waals surface area contributed by atoms with Crippen LogP contribution in [0, 0.1) is 0 Å². The Labute approximate surface area is 371 Å². The van der Waals surface area contributed by atoms with Gasteiger partial charge in [-0.2, -0.15) is 0 Å². The molecule has 0 aromatic rings. The molecule has 0 aromatic carbocycles. The van der Waals surface area contributed by atoms with Crippen molar-refractivity contribution in [3.05, 3.63) is 48.6 Å². The van der Waals surface area contributed by atoms with E-state index in [2.05, 4.69) is 69.4 Å². The average Bonchev–Trinajstić information content (AvgIpc) is 3.24. The first-order valence-electron chi connectivity index (χ1n) is 25.6. The first kappa shape index (κ1) is 57.4. The zero-order valence-electron chi connectivity index (χ0n) is 39.7. The van der Waals surface area contributed by atoms with Crippen LogP contribution in [0.15, 0.2) is 48.6 Å². The fourth-order valence-electron chi connectivity index (χ4n) is 7.09. The second-order valence-corrected chi connectivity index (χ2v) is 17.1. The third-order valence-electron chi connectivity index (χ3n) is 11.0. The Morgan fingerprint density at radius 3 is 1.02 bits per heavy atom. The summed E-state index contributed by atoms with van der Waals surface area (Å²) in [6.45, 7) is 6.55. The predicted molar refractivity (Wildman–Crippen MR) is 256 cm³/mol. The van der Waals surface area contributed by atoms with Crippen molar-refractivity contribution >= 4 is 17.9 Å². The highest BCUT2D eigenvalue weighted by Gasteiger charge is 2.19. The summed E-state index contributed by atoms with van der Waals surface area (Å²) in [5, 5.41) is 0. The highest BCUT2D eigenvalue weighted by molar-refractivity contribution is 5.71. The normalized spacial score (nSPS) is 12.4. The summed E-state index contributed by atoms with van der Waals surface area (Å²) in [6, 6.07) is 0. The Bertz CT molecular complexity index is 1060. The quantitative estimate of drug-likeness (QED) is 0.0263. The molecule has 0 spiro atoms. The minimum absolute atomic E-state index is 0.0852. The van der Waals surface area contributed by atoms with E-state index in [4.69, 9.17) is 14.2 Å². The van der Waals surface area contributed by atoms with Crippen LogP contribution in [0.5, 0.6) is 0 Å². The Morgan fingerprint density at radius 1 is 0.333 bits per heavy atom. The Hall–Kier alpha value is -2.63. The molecule has 0 fully saturated rings. The standard InChI is InChI=1S/C54H96O6/c1-4-7-10-13-16-19-22-24-26-28-29-32-35-38-41-44-47-53(56)59-50-51(49-58-52(55)46-43-40-37-34-31-21-18-15-12-9-6-3)60-54(57)48-45-42-39-36-33-30-27-25-23-20-17-14-11-8-5-2/h15,17-18,20,25-28,51H,4-14,16,19,21-24,29-50H2,1-3H3/b18-15-,20-17-,27-25-,28-26-. The monoisotopic (exact) mass is 841 g/mol. The van der Waals surface area contributed by atoms with Gasteiger partial charge in [0.15, 0.2) is 6.10 Å². The van der Waals surface area contributed by atoms with E-state index in [0.29, 0.717) is 19.3 Å². The van der Waals surface area contributed by atoms with Crippen LogP contribution >= 0.6 is 0 Å². The van der Waals surface area contributed by atoms with Crippen molar-refractivity contribution < 1.29 is 28.6 Å². The van der Waals surface area contributed by atoms with Crippen LogP contribution in [-0.4, -0.2) is 37.2 Å². The maximum Gasteiger partial charge on any atom is 0.306 e. The van der Waals surface area contributed by atoms with Crippen LogP contribution in [0.1, 0.15) is 258 Å². The number of carbonyl (C=O) groups is 3. The van der Waals surface area contributed by atoms with Gasteiger partial charge in [-0.1, -0.05) is 191 Å². The summed E-state index contributed by atoms with van der Waals surface area (Å²) in [5.74, 6) is -0.912. The van der Waals surface area contributed by atoms with Crippen molar-refractivity contribution in [1.29, 1.82) is 0 Å². The second-order valence-electron chi connectivity index (χ2n) is 17.1. The Kier molecular flexibility index (Phi) is 46.9. The van der Waals surface area contributed by atoms with Gasteiger partial charge in [-0.05, 0) is 96.3 Å². The fourth-order valence-corrected chi connectivity index (χ4v) is 7.09. The lowest BCUT2D eigenvalue weighted by atomic mass is 10.1. The average molecular weight is 841 g/mol. The van der Waals surface area contributed by atoms with E-state index in [1.54, 1.807) is 0 Å². The van der Waals surface area contributed by atoms with E-state index in [1.165, 1.54) is 122 Å². The van der Waals surface area contributed by atoms with Crippen LogP contribution in [0.3, 0.4) is 0 Å². The summed E-state index contributed by atoms with van der Waals surface area (Å²) in [7, 11) is 0. The van der Waals surface area contributed by atoms with Gasteiger partial charge < -0.3 is 14.2 Å². The summed E-state index contributed by atoms with van der Waals surface area (Å²) < 4.78 is 16.8. The molecule has 0 rings (SSSR count). The van der Waals surface area contributed by atoms with Crippen LogP contribution in [0.4, 0.5) is 0 Å². The summed E-state index contributed by atoms with van der Waals surface area (Å²) in [4.78, 5) is 37.9. The molecule has 0 N–H and O–H groups in total. The molecule has 1 atom stereocenters. The molecular weight excluding hydrogens is 745 g/mol. The number of hydrogen-bond donors (Lipinski definition) is 0. The molecule has 0 aromatic heterocycles. The molecule has 0 amide bonds. The van der Waals surface area contributed by atoms with Gasteiger partial charge >= 0.3 is 17.9 Å².